The van der Waals surface area contributed by atoms with Gasteiger partial charge in [0.15, 0.2) is 0 Å². The summed E-state index contributed by atoms with van der Waals surface area (Å²) >= 11 is 0. The summed E-state index contributed by atoms with van der Waals surface area (Å²) in [4.78, 5) is 39.6. The molecule has 6 heteroatoms. The molecule has 1 aliphatic heterocycles. The van der Waals surface area contributed by atoms with Crippen molar-refractivity contribution >= 4 is 29.1 Å². The number of benzene rings is 3. The Morgan fingerprint density at radius 1 is 1.00 bits per heavy atom. The van der Waals surface area contributed by atoms with Crippen molar-refractivity contribution in [3.63, 3.8) is 0 Å². The first-order chi connectivity index (χ1) is 16.0. The van der Waals surface area contributed by atoms with Gasteiger partial charge in [-0.15, -0.1) is 0 Å². The van der Waals surface area contributed by atoms with E-state index in [1.54, 1.807) is 55.6 Å². The average Bonchev–Trinajstić information content (AvgIpc) is 3.09. The molecule has 0 spiro atoms. The van der Waals surface area contributed by atoms with Gasteiger partial charge in [0.1, 0.15) is 5.75 Å². The van der Waals surface area contributed by atoms with Crippen LogP contribution in [0, 0.1) is 0 Å². The topological polar surface area (TPSA) is 75.7 Å². The van der Waals surface area contributed by atoms with Crippen molar-refractivity contribution in [3.05, 3.63) is 89.0 Å². The van der Waals surface area contributed by atoms with Gasteiger partial charge in [0, 0.05) is 12.1 Å². The van der Waals surface area contributed by atoms with Gasteiger partial charge in [-0.25, -0.2) is 4.90 Å². The van der Waals surface area contributed by atoms with Gasteiger partial charge < -0.3 is 10.1 Å². The second-order valence-corrected chi connectivity index (χ2v) is 8.45. The fourth-order valence-electron chi connectivity index (χ4n) is 4.81. The molecule has 2 aliphatic rings. The molecule has 3 amide bonds. The van der Waals surface area contributed by atoms with Gasteiger partial charge in [0.25, 0.3) is 11.8 Å². The summed E-state index contributed by atoms with van der Waals surface area (Å²) in [5.41, 5.74) is 4.23. The third kappa shape index (κ3) is 3.89. The van der Waals surface area contributed by atoms with Gasteiger partial charge in [-0.1, -0.05) is 24.3 Å². The highest BCUT2D eigenvalue weighted by atomic mass is 16.5. The highest BCUT2D eigenvalue weighted by Gasteiger charge is 2.36. The van der Waals surface area contributed by atoms with Crippen molar-refractivity contribution in [3.8, 4) is 5.75 Å². The highest BCUT2D eigenvalue weighted by molar-refractivity contribution is 6.34. The molecule has 0 saturated heterocycles. The number of hydrogen-bond donors (Lipinski definition) is 1. The number of aryl methyl sites for hydroxylation is 1. The number of amides is 3. The molecule has 3 aromatic rings. The third-order valence-corrected chi connectivity index (χ3v) is 6.40. The molecular formula is C27H24N2O4. The predicted molar refractivity (Wildman–Crippen MR) is 126 cm³/mol. The van der Waals surface area contributed by atoms with Crippen LogP contribution in [-0.2, 0) is 11.2 Å². The summed E-state index contributed by atoms with van der Waals surface area (Å²) < 4.78 is 5.33. The van der Waals surface area contributed by atoms with Crippen LogP contribution in [0.1, 0.15) is 57.0 Å². The molecule has 1 N–H and O–H groups in total. The second kappa shape index (κ2) is 8.54. The number of fused-ring (bicyclic) bond motifs is 2. The fraction of sp³-hybridized carbons (Fsp3) is 0.222. The number of carbonyl (C=O) groups is 3. The largest absolute Gasteiger partial charge is 0.497 e. The second-order valence-electron chi connectivity index (χ2n) is 8.45. The van der Waals surface area contributed by atoms with E-state index >= 15 is 0 Å². The zero-order chi connectivity index (χ0) is 22.9. The first-order valence-corrected chi connectivity index (χ1v) is 11.1. The summed E-state index contributed by atoms with van der Waals surface area (Å²) in [5.74, 6) is 0.188. The molecule has 0 aromatic heterocycles. The molecule has 33 heavy (non-hydrogen) atoms. The number of hydrogen-bond acceptors (Lipinski definition) is 4. The van der Waals surface area contributed by atoms with E-state index in [1.807, 2.05) is 6.07 Å². The molecule has 0 bridgehead atoms. The minimum atomic E-state index is -0.353. The van der Waals surface area contributed by atoms with Crippen molar-refractivity contribution < 1.29 is 19.1 Å². The number of rotatable bonds is 5. The first kappa shape index (κ1) is 20.9. The Hall–Kier alpha value is -3.93. The van der Waals surface area contributed by atoms with Crippen molar-refractivity contribution in [2.24, 2.45) is 0 Å². The predicted octanol–water partition coefficient (Wildman–Crippen LogP) is 4.94. The number of carbonyl (C=O) groups excluding carboxylic acids is 3. The average molecular weight is 440 g/mol. The molecular weight excluding hydrogens is 416 g/mol. The van der Waals surface area contributed by atoms with Crippen LogP contribution in [-0.4, -0.2) is 24.8 Å². The maximum absolute atomic E-state index is 12.9. The van der Waals surface area contributed by atoms with Crippen LogP contribution in [0.5, 0.6) is 5.75 Å². The van der Waals surface area contributed by atoms with Crippen LogP contribution in [0.2, 0.25) is 0 Å². The SMILES string of the molecule is COc1ccc2c(c1)CCCC2CC(=O)Nc1cccc(N2C(=O)c3ccccc3C2=O)c1. The molecule has 0 saturated carbocycles. The number of ether oxygens (including phenoxy) is 1. The van der Waals surface area contributed by atoms with E-state index in [9.17, 15) is 14.4 Å². The number of imide groups is 1. The molecule has 166 valence electrons. The molecule has 1 atom stereocenters. The standard InChI is InChI=1S/C27H24N2O4/c1-33-21-12-13-22-17(14-21)6-4-7-18(22)15-25(30)28-19-8-5-9-20(16-19)29-26(31)23-10-2-3-11-24(23)27(29)32/h2-3,5,8-14,16,18H,4,6-7,15H2,1H3,(H,28,30). The number of nitrogens with one attached hydrogen (secondary N) is 1. The maximum atomic E-state index is 12.9. The van der Waals surface area contributed by atoms with Crippen molar-refractivity contribution in [2.75, 3.05) is 17.3 Å². The first-order valence-electron chi connectivity index (χ1n) is 11.1. The van der Waals surface area contributed by atoms with E-state index in [-0.39, 0.29) is 23.6 Å². The smallest absolute Gasteiger partial charge is 0.266 e. The van der Waals surface area contributed by atoms with E-state index in [0.29, 0.717) is 28.9 Å². The zero-order valence-corrected chi connectivity index (χ0v) is 18.3. The van der Waals surface area contributed by atoms with Crippen LogP contribution >= 0.6 is 0 Å². The Bertz CT molecular complexity index is 1230. The van der Waals surface area contributed by atoms with Crippen molar-refractivity contribution in [1.29, 1.82) is 0 Å². The number of methoxy groups -OCH3 is 1. The molecule has 6 nitrogen and oxygen atoms in total. The molecule has 5 rings (SSSR count). The number of anilines is 2. The van der Waals surface area contributed by atoms with Crippen molar-refractivity contribution in [1.82, 2.24) is 0 Å². The van der Waals surface area contributed by atoms with Gasteiger partial charge in [0.2, 0.25) is 5.91 Å². The van der Waals surface area contributed by atoms with E-state index in [4.69, 9.17) is 4.74 Å². The molecule has 1 heterocycles. The molecule has 0 fully saturated rings. The van der Waals surface area contributed by atoms with Crippen molar-refractivity contribution in [2.45, 2.75) is 31.6 Å². The van der Waals surface area contributed by atoms with Crippen LogP contribution in [0.25, 0.3) is 0 Å². The lowest BCUT2D eigenvalue weighted by molar-refractivity contribution is -0.116. The zero-order valence-electron chi connectivity index (χ0n) is 18.3. The Morgan fingerprint density at radius 3 is 2.48 bits per heavy atom. The Balaban J connectivity index is 1.31. The molecule has 1 unspecified atom stereocenters. The summed E-state index contributed by atoms with van der Waals surface area (Å²) in [7, 11) is 1.66. The lowest BCUT2D eigenvalue weighted by Gasteiger charge is -2.25. The molecule has 0 radical (unpaired) electrons. The van der Waals surface area contributed by atoms with Gasteiger partial charge in [-0.3, -0.25) is 14.4 Å². The summed E-state index contributed by atoms with van der Waals surface area (Å²) in [5, 5.41) is 2.94. The minimum absolute atomic E-state index is 0.0943. The maximum Gasteiger partial charge on any atom is 0.266 e. The van der Waals surface area contributed by atoms with Crippen LogP contribution < -0.4 is 15.0 Å². The fourth-order valence-corrected chi connectivity index (χ4v) is 4.81. The number of nitrogens with zero attached hydrogens (tertiary/aromatic N) is 1. The normalized spacial score (nSPS) is 16.9. The molecule has 3 aromatic carbocycles. The Kier molecular flexibility index (Phi) is 5.42. The third-order valence-electron chi connectivity index (χ3n) is 6.40. The summed E-state index contributed by atoms with van der Waals surface area (Å²) in [6.45, 7) is 0. The van der Waals surface area contributed by atoms with Gasteiger partial charge in [-0.2, -0.15) is 0 Å². The monoisotopic (exact) mass is 440 g/mol. The summed E-state index contributed by atoms with van der Waals surface area (Å²) in [6, 6.07) is 19.7. The summed E-state index contributed by atoms with van der Waals surface area (Å²) in [6.07, 6.45) is 3.36. The highest BCUT2D eigenvalue weighted by Crippen LogP contribution is 2.36. The van der Waals surface area contributed by atoms with E-state index in [2.05, 4.69) is 17.4 Å². The van der Waals surface area contributed by atoms with Gasteiger partial charge in [-0.05, 0) is 78.8 Å². The van der Waals surface area contributed by atoms with Gasteiger partial charge in [0.05, 0.1) is 23.9 Å². The lowest BCUT2D eigenvalue weighted by atomic mass is 9.81. The minimum Gasteiger partial charge on any atom is -0.497 e. The quantitative estimate of drug-likeness (QED) is 0.570. The van der Waals surface area contributed by atoms with Crippen LogP contribution in [0.3, 0.4) is 0 Å². The van der Waals surface area contributed by atoms with E-state index in [1.165, 1.54) is 11.1 Å². The molecule has 1 aliphatic carbocycles. The Labute approximate surface area is 192 Å². The van der Waals surface area contributed by atoms with E-state index < -0.39 is 0 Å². The van der Waals surface area contributed by atoms with Gasteiger partial charge >= 0.3 is 0 Å². The van der Waals surface area contributed by atoms with Crippen LogP contribution in [0.15, 0.2) is 66.7 Å². The Morgan fingerprint density at radius 2 is 1.76 bits per heavy atom. The van der Waals surface area contributed by atoms with Crippen LogP contribution in [0.4, 0.5) is 11.4 Å². The van der Waals surface area contributed by atoms with E-state index in [0.717, 1.165) is 29.9 Å². The lowest BCUT2D eigenvalue weighted by Crippen LogP contribution is -2.29.